The lowest BCUT2D eigenvalue weighted by molar-refractivity contribution is -0.117. The number of anilines is 2. The van der Waals surface area contributed by atoms with Crippen molar-refractivity contribution in [2.75, 3.05) is 23.3 Å². The van der Waals surface area contributed by atoms with Gasteiger partial charge in [-0.1, -0.05) is 25.1 Å². The summed E-state index contributed by atoms with van der Waals surface area (Å²) in [6.07, 6.45) is 5.74. The summed E-state index contributed by atoms with van der Waals surface area (Å²) in [4.78, 5) is 19.6. The molecule has 31 heavy (non-hydrogen) atoms. The van der Waals surface area contributed by atoms with Crippen molar-refractivity contribution in [3.63, 3.8) is 0 Å². The van der Waals surface area contributed by atoms with Crippen molar-refractivity contribution in [2.24, 2.45) is 11.8 Å². The Hall–Kier alpha value is -2.66. The molecular formula is C26H32N4O. The molecule has 0 unspecified atom stereocenters. The van der Waals surface area contributed by atoms with Crippen molar-refractivity contribution in [2.45, 2.75) is 52.1 Å². The number of rotatable bonds is 4. The number of fused-ring (bicyclic) bond motifs is 1. The van der Waals surface area contributed by atoms with Gasteiger partial charge in [-0.3, -0.25) is 4.79 Å². The monoisotopic (exact) mass is 416 g/mol. The molecule has 1 amide bonds. The van der Waals surface area contributed by atoms with Gasteiger partial charge in [0, 0.05) is 36.8 Å². The minimum absolute atomic E-state index is 0.118. The lowest BCUT2D eigenvalue weighted by Crippen LogP contribution is -2.51. The first kappa shape index (κ1) is 20.3. The van der Waals surface area contributed by atoms with E-state index in [4.69, 9.17) is 4.98 Å². The maximum absolute atomic E-state index is 12.8. The molecule has 2 aromatic rings. The lowest BCUT2D eigenvalue weighted by atomic mass is 9.79. The summed E-state index contributed by atoms with van der Waals surface area (Å²) in [7, 11) is 0. The molecule has 1 aliphatic carbocycles. The molecular weight excluding hydrogens is 384 g/mol. The molecule has 1 fully saturated rings. The van der Waals surface area contributed by atoms with Crippen LogP contribution >= 0.6 is 0 Å². The Labute approximate surface area is 184 Å². The third-order valence-electron chi connectivity index (χ3n) is 7.06. The number of nitrogens with one attached hydrogen (secondary N) is 2. The number of carbonyl (C=O) groups excluding carboxylic acids is 1. The van der Waals surface area contributed by atoms with Gasteiger partial charge in [-0.15, -0.1) is 0 Å². The molecule has 5 nitrogen and oxygen atoms in total. The first-order valence-corrected chi connectivity index (χ1v) is 11.6. The van der Waals surface area contributed by atoms with Crippen LogP contribution in [0.3, 0.4) is 0 Å². The second-order valence-electron chi connectivity index (χ2n) is 9.32. The molecule has 0 saturated heterocycles. The van der Waals surface area contributed by atoms with Crippen LogP contribution in [0.15, 0.2) is 42.5 Å². The topological polar surface area (TPSA) is 57.3 Å². The highest BCUT2D eigenvalue weighted by Crippen LogP contribution is 2.50. The highest BCUT2D eigenvalue weighted by Gasteiger charge is 2.47. The van der Waals surface area contributed by atoms with Gasteiger partial charge in [0.25, 0.3) is 0 Å². The molecule has 0 bridgehead atoms. The van der Waals surface area contributed by atoms with Crippen LogP contribution in [0.1, 0.15) is 56.0 Å². The quantitative estimate of drug-likeness (QED) is 0.758. The summed E-state index contributed by atoms with van der Waals surface area (Å²) in [6.45, 7) is 7.96. The molecule has 0 spiro atoms. The number of benzene rings is 1. The molecule has 1 aromatic heterocycles. The van der Waals surface area contributed by atoms with Gasteiger partial charge in [0.1, 0.15) is 5.82 Å². The van der Waals surface area contributed by atoms with Gasteiger partial charge in [0.15, 0.2) is 0 Å². The Morgan fingerprint density at radius 1 is 1.23 bits per heavy atom. The highest BCUT2D eigenvalue weighted by atomic mass is 16.2. The average molecular weight is 417 g/mol. The van der Waals surface area contributed by atoms with Crippen molar-refractivity contribution in [3.05, 3.63) is 59.3 Å². The molecule has 3 heterocycles. The number of nitrogens with zero attached hydrogens (tertiary/aromatic N) is 2. The molecule has 2 aliphatic heterocycles. The van der Waals surface area contributed by atoms with Gasteiger partial charge in [-0.25, -0.2) is 4.98 Å². The third-order valence-corrected chi connectivity index (χ3v) is 7.06. The van der Waals surface area contributed by atoms with E-state index in [9.17, 15) is 4.79 Å². The number of aryl methyl sites for hydroxylation is 1. The van der Waals surface area contributed by atoms with E-state index in [-0.39, 0.29) is 18.0 Å². The molecule has 3 aliphatic rings. The normalized spacial score (nSPS) is 25.6. The molecule has 0 radical (unpaired) electrons. The zero-order valence-electron chi connectivity index (χ0n) is 18.7. The summed E-state index contributed by atoms with van der Waals surface area (Å²) in [6, 6.07) is 13.2. The van der Waals surface area contributed by atoms with Crippen molar-refractivity contribution < 1.29 is 4.79 Å². The lowest BCUT2D eigenvalue weighted by Gasteiger charge is -2.46. The molecule has 5 heteroatoms. The van der Waals surface area contributed by atoms with Gasteiger partial charge < -0.3 is 15.5 Å². The second-order valence-corrected chi connectivity index (χ2v) is 9.32. The number of hydrogen-bond donors (Lipinski definition) is 2. The number of hydrogen-bond acceptors (Lipinski definition) is 4. The van der Waals surface area contributed by atoms with E-state index in [0.29, 0.717) is 11.8 Å². The molecule has 2 N–H and O–H groups in total. The zero-order chi connectivity index (χ0) is 21.5. The Morgan fingerprint density at radius 3 is 2.74 bits per heavy atom. The summed E-state index contributed by atoms with van der Waals surface area (Å²) in [5, 5.41) is 7.15. The number of carbonyl (C=O) groups is 1. The minimum Gasteiger partial charge on any atom is -0.363 e. The Kier molecular flexibility index (Phi) is 5.30. The van der Waals surface area contributed by atoms with Crippen molar-refractivity contribution >= 4 is 23.0 Å². The summed E-state index contributed by atoms with van der Waals surface area (Å²) >= 11 is 0. The Balaban J connectivity index is 1.61. The zero-order valence-corrected chi connectivity index (χ0v) is 18.7. The smallest absolute Gasteiger partial charge is 0.224 e. The predicted molar refractivity (Wildman–Crippen MR) is 126 cm³/mol. The van der Waals surface area contributed by atoms with Gasteiger partial charge >= 0.3 is 0 Å². The largest absolute Gasteiger partial charge is 0.363 e. The summed E-state index contributed by atoms with van der Waals surface area (Å²) in [5.74, 6) is 1.93. The van der Waals surface area contributed by atoms with Crippen molar-refractivity contribution in [1.82, 2.24) is 10.3 Å². The van der Waals surface area contributed by atoms with Gasteiger partial charge in [-0.2, -0.15) is 0 Å². The Morgan fingerprint density at radius 2 is 2.06 bits per heavy atom. The first-order valence-electron chi connectivity index (χ1n) is 11.6. The van der Waals surface area contributed by atoms with Crippen LogP contribution in [0.4, 0.5) is 11.5 Å². The van der Waals surface area contributed by atoms with Crippen LogP contribution in [0.2, 0.25) is 0 Å². The first-order chi connectivity index (χ1) is 15.0. The number of aromatic nitrogens is 1. The highest BCUT2D eigenvalue weighted by molar-refractivity contribution is 5.94. The van der Waals surface area contributed by atoms with E-state index in [1.165, 1.54) is 29.5 Å². The second kappa shape index (κ2) is 8.12. The maximum Gasteiger partial charge on any atom is 0.224 e. The predicted octanol–water partition coefficient (Wildman–Crippen LogP) is 4.70. The van der Waals surface area contributed by atoms with E-state index in [1.807, 2.05) is 19.1 Å². The maximum atomic E-state index is 12.8. The van der Waals surface area contributed by atoms with Crippen LogP contribution in [0, 0.1) is 18.8 Å². The number of pyridine rings is 1. The summed E-state index contributed by atoms with van der Waals surface area (Å²) in [5.41, 5.74) is 5.93. The molecule has 1 saturated carbocycles. The van der Waals surface area contributed by atoms with Crippen LogP contribution in [-0.4, -0.2) is 30.0 Å². The van der Waals surface area contributed by atoms with E-state index in [0.717, 1.165) is 36.7 Å². The summed E-state index contributed by atoms with van der Waals surface area (Å²) < 4.78 is 0. The van der Waals surface area contributed by atoms with E-state index in [2.05, 4.69) is 52.8 Å². The Bertz CT molecular complexity index is 1030. The van der Waals surface area contributed by atoms with Gasteiger partial charge in [0.05, 0.1) is 6.04 Å². The SMILES string of the molecule is CC(=O)N1c2ccc(C3=CCNCC3)cc2[C@H](Nc2cccc(C)n2)[C@@H](C)[C@@H]1C1CC1. The van der Waals surface area contributed by atoms with Gasteiger partial charge in [0.2, 0.25) is 5.91 Å². The van der Waals surface area contributed by atoms with Crippen LogP contribution in [-0.2, 0) is 4.79 Å². The molecule has 162 valence electrons. The molecule has 3 atom stereocenters. The minimum atomic E-state index is 0.118. The van der Waals surface area contributed by atoms with E-state index in [1.54, 1.807) is 6.92 Å². The van der Waals surface area contributed by atoms with Crippen molar-refractivity contribution in [1.29, 1.82) is 0 Å². The van der Waals surface area contributed by atoms with E-state index >= 15 is 0 Å². The molecule has 5 rings (SSSR count). The average Bonchev–Trinajstić information content (AvgIpc) is 3.60. The van der Waals surface area contributed by atoms with Crippen molar-refractivity contribution in [3.8, 4) is 0 Å². The standard InChI is InChI=1S/C26H32N4O/c1-16-5-4-6-24(28-16)29-25-17(2)26(20-7-8-20)30(18(3)31)23-10-9-21(15-22(23)25)19-11-13-27-14-12-19/h4-6,9-11,15,17,20,25-27H,7-8,12-14H2,1-3H3,(H,28,29)/t17-,25-,26-/m1/s1. The van der Waals surface area contributed by atoms with Crippen LogP contribution in [0.25, 0.3) is 5.57 Å². The number of amides is 1. The third kappa shape index (κ3) is 3.87. The van der Waals surface area contributed by atoms with E-state index < -0.39 is 0 Å². The van der Waals surface area contributed by atoms with Gasteiger partial charge in [-0.05, 0) is 79.6 Å². The molecule has 1 aromatic carbocycles. The fraction of sp³-hybridized carbons (Fsp3) is 0.462. The fourth-order valence-electron chi connectivity index (χ4n) is 5.43. The van der Waals surface area contributed by atoms with Crippen LogP contribution in [0.5, 0.6) is 0 Å². The van der Waals surface area contributed by atoms with Crippen LogP contribution < -0.4 is 15.5 Å². The fourth-order valence-corrected chi connectivity index (χ4v) is 5.43.